The topological polar surface area (TPSA) is 85.2 Å². The van der Waals surface area contributed by atoms with Gasteiger partial charge in [0.05, 0.1) is 5.25 Å². The number of aryl methyl sites for hydroxylation is 1. The molecule has 0 radical (unpaired) electrons. The van der Waals surface area contributed by atoms with Crippen LogP contribution in [0.2, 0.25) is 0 Å². The molecule has 1 aromatic heterocycles. The van der Waals surface area contributed by atoms with Crippen molar-refractivity contribution in [1.29, 1.82) is 0 Å². The number of sulfone groups is 1. The number of amides is 1. The molecule has 1 saturated heterocycles. The van der Waals surface area contributed by atoms with E-state index in [4.69, 9.17) is 0 Å². The minimum absolute atomic E-state index is 0.00568. The first kappa shape index (κ1) is 15.0. The SMILES string of the molecule is CC(C)C(=O)N1CCC(S(=O)(=O)c2nncn2C)CC1. The van der Waals surface area contributed by atoms with Gasteiger partial charge in [0.15, 0.2) is 0 Å². The zero-order valence-corrected chi connectivity index (χ0v) is 12.8. The smallest absolute Gasteiger partial charge is 0.249 e. The molecule has 112 valence electrons. The standard InChI is InChI=1S/C12H20N4O3S/c1-9(2)11(17)16-6-4-10(5-7-16)20(18,19)12-14-13-8-15(12)3/h8-10H,4-7H2,1-3H3. The number of rotatable bonds is 3. The van der Waals surface area contributed by atoms with Gasteiger partial charge < -0.3 is 9.47 Å². The average Bonchev–Trinajstić information content (AvgIpc) is 2.85. The van der Waals surface area contributed by atoms with Crippen LogP contribution in [-0.4, -0.2) is 52.3 Å². The molecule has 0 spiro atoms. The van der Waals surface area contributed by atoms with E-state index in [1.807, 2.05) is 13.8 Å². The first-order chi connectivity index (χ1) is 9.34. The van der Waals surface area contributed by atoms with Crippen LogP contribution in [0, 0.1) is 5.92 Å². The van der Waals surface area contributed by atoms with Gasteiger partial charge in [-0.3, -0.25) is 4.79 Å². The number of piperidine rings is 1. The van der Waals surface area contributed by atoms with Crippen LogP contribution in [0.4, 0.5) is 0 Å². The zero-order chi connectivity index (χ0) is 14.9. The van der Waals surface area contributed by atoms with Gasteiger partial charge in [0.25, 0.3) is 0 Å². The van der Waals surface area contributed by atoms with Crippen molar-refractivity contribution in [2.45, 2.75) is 37.1 Å². The zero-order valence-electron chi connectivity index (χ0n) is 12.0. The fourth-order valence-corrected chi connectivity index (χ4v) is 4.17. The van der Waals surface area contributed by atoms with Gasteiger partial charge in [-0.05, 0) is 12.8 Å². The largest absolute Gasteiger partial charge is 0.342 e. The third-order valence-electron chi connectivity index (χ3n) is 3.61. The van der Waals surface area contributed by atoms with Gasteiger partial charge in [-0.25, -0.2) is 8.42 Å². The fraction of sp³-hybridized carbons (Fsp3) is 0.750. The maximum atomic E-state index is 12.5. The van der Waals surface area contributed by atoms with Gasteiger partial charge >= 0.3 is 0 Å². The molecule has 0 aromatic carbocycles. The second kappa shape index (κ2) is 5.51. The van der Waals surface area contributed by atoms with Crippen molar-refractivity contribution in [1.82, 2.24) is 19.7 Å². The van der Waals surface area contributed by atoms with Crippen LogP contribution >= 0.6 is 0 Å². The van der Waals surface area contributed by atoms with E-state index in [0.717, 1.165) is 0 Å². The van der Waals surface area contributed by atoms with E-state index in [1.165, 1.54) is 10.9 Å². The summed E-state index contributed by atoms with van der Waals surface area (Å²) < 4.78 is 26.3. The van der Waals surface area contributed by atoms with Gasteiger partial charge in [-0.15, -0.1) is 10.2 Å². The molecule has 0 bridgehead atoms. The Hall–Kier alpha value is -1.44. The van der Waals surface area contributed by atoms with Gasteiger partial charge in [0.2, 0.25) is 20.9 Å². The molecule has 8 heteroatoms. The van der Waals surface area contributed by atoms with Crippen molar-refractivity contribution in [3.8, 4) is 0 Å². The number of likely N-dealkylation sites (tertiary alicyclic amines) is 1. The predicted octanol–water partition coefficient (Wildman–Crippen LogP) is 0.236. The lowest BCUT2D eigenvalue weighted by atomic mass is 10.1. The minimum Gasteiger partial charge on any atom is -0.342 e. The number of hydrogen-bond acceptors (Lipinski definition) is 5. The summed E-state index contributed by atoms with van der Waals surface area (Å²) in [7, 11) is -1.85. The maximum absolute atomic E-state index is 12.5. The highest BCUT2D eigenvalue weighted by Gasteiger charge is 2.35. The summed E-state index contributed by atoms with van der Waals surface area (Å²) in [5.41, 5.74) is 0. The van der Waals surface area contributed by atoms with E-state index in [2.05, 4.69) is 10.2 Å². The van der Waals surface area contributed by atoms with Gasteiger partial charge in [0, 0.05) is 26.1 Å². The van der Waals surface area contributed by atoms with Crippen LogP contribution in [0.5, 0.6) is 0 Å². The second-order valence-corrected chi connectivity index (χ2v) is 7.57. The lowest BCUT2D eigenvalue weighted by Crippen LogP contribution is -2.44. The average molecular weight is 300 g/mol. The molecule has 0 saturated carbocycles. The third-order valence-corrected chi connectivity index (χ3v) is 5.84. The first-order valence-corrected chi connectivity index (χ1v) is 8.25. The lowest BCUT2D eigenvalue weighted by molar-refractivity contribution is -0.135. The van der Waals surface area contributed by atoms with Crippen LogP contribution in [0.15, 0.2) is 11.5 Å². The molecule has 1 fully saturated rings. The number of aromatic nitrogens is 3. The van der Waals surface area contributed by atoms with Crippen molar-refractivity contribution in [2.24, 2.45) is 13.0 Å². The summed E-state index contributed by atoms with van der Waals surface area (Å²) in [4.78, 5) is 13.6. The Kier molecular flexibility index (Phi) is 4.12. The summed E-state index contributed by atoms with van der Waals surface area (Å²) in [6.45, 7) is 4.67. The molecule has 0 N–H and O–H groups in total. The highest BCUT2D eigenvalue weighted by Crippen LogP contribution is 2.23. The number of carbonyl (C=O) groups is 1. The summed E-state index contributed by atoms with van der Waals surface area (Å²) in [6, 6.07) is 0. The molecule has 7 nitrogen and oxygen atoms in total. The van der Waals surface area contributed by atoms with Crippen molar-refractivity contribution in [2.75, 3.05) is 13.1 Å². The van der Waals surface area contributed by atoms with E-state index in [-0.39, 0.29) is 17.0 Å². The molecule has 0 unspecified atom stereocenters. The van der Waals surface area contributed by atoms with Crippen molar-refractivity contribution in [3.05, 3.63) is 6.33 Å². The molecule has 20 heavy (non-hydrogen) atoms. The lowest BCUT2D eigenvalue weighted by Gasteiger charge is -2.32. The Bertz CT molecular complexity index is 586. The molecular weight excluding hydrogens is 280 g/mol. The van der Waals surface area contributed by atoms with Gasteiger partial charge in [-0.1, -0.05) is 13.8 Å². The van der Waals surface area contributed by atoms with Crippen LogP contribution < -0.4 is 0 Å². The number of hydrogen-bond donors (Lipinski definition) is 0. The maximum Gasteiger partial charge on any atom is 0.249 e. The molecule has 0 aliphatic carbocycles. The first-order valence-electron chi connectivity index (χ1n) is 6.70. The van der Waals surface area contributed by atoms with Crippen LogP contribution in [-0.2, 0) is 21.7 Å². The molecule has 1 amide bonds. The Morgan fingerprint density at radius 1 is 1.35 bits per heavy atom. The summed E-state index contributed by atoms with van der Waals surface area (Å²) in [5.74, 6) is 0.0291. The Morgan fingerprint density at radius 2 is 1.95 bits per heavy atom. The minimum atomic E-state index is -3.47. The molecular formula is C12H20N4O3S. The fourth-order valence-electron chi connectivity index (χ4n) is 2.43. The second-order valence-electron chi connectivity index (χ2n) is 5.45. The molecule has 2 rings (SSSR count). The molecule has 1 aliphatic rings. The molecule has 2 heterocycles. The molecule has 1 aromatic rings. The molecule has 0 atom stereocenters. The van der Waals surface area contributed by atoms with Gasteiger partial charge in [0.1, 0.15) is 6.33 Å². The summed E-state index contributed by atoms with van der Waals surface area (Å²) in [6.07, 6.45) is 2.28. The highest BCUT2D eigenvalue weighted by atomic mass is 32.2. The molecule has 1 aliphatic heterocycles. The Balaban J connectivity index is 2.08. The highest BCUT2D eigenvalue weighted by molar-refractivity contribution is 7.91. The van der Waals surface area contributed by atoms with E-state index in [9.17, 15) is 13.2 Å². The summed E-state index contributed by atoms with van der Waals surface area (Å²) >= 11 is 0. The Labute approximate surface area is 118 Å². The van der Waals surface area contributed by atoms with Crippen molar-refractivity contribution >= 4 is 15.7 Å². The normalized spacial score (nSPS) is 17.7. The van der Waals surface area contributed by atoms with E-state index in [0.29, 0.717) is 25.9 Å². The van der Waals surface area contributed by atoms with Crippen LogP contribution in [0.1, 0.15) is 26.7 Å². The number of carbonyl (C=O) groups excluding carboxylic acids is 1. The third kappa shape index (κ3) is 2.70. The van der Waals surface area contributed by atoms with Crippen molar-refractivity contribution < 1.29 is 13.2 Å². The predicted molar refractivity (Wildman–Crippen MR) is 72.6 cm³/mol. The van der Waals surface area contributed by atoms with Crippen LogP contribution in [0.25, 0.3) is 0 Å². The van der Waals surface area contributed by atoms with E-state index in [1.54, 1.807) is 11.9 Å². The number of nitrogens with zero attached hydrogens (tertiary/aromatic N) is 4. The van der Waals surface area contributed by atoms with E-state index >= 15 is 0 Å². The quantitative estimate of drug-likeness (QED) is 0.798. The van der Waals surface area contributed by atoms with Crippen LogP contribution in [0.3, 0.4) is 0 Å². The summed E-state index contributed by atoms with van der Waals surface area (Å²) in [5, 5.41) is 6.83. The van der Waals surface area contributed by atoms with E-state index < -0.39 is 15.1 Å². The van der Waals surface area contributed by atoms with Crippen molar-refractivity contribution in [3.63, 3.8) is 0 Å². The monoisotopic (exact) mass is 300 g/mol. The van der Waals surface area contributed by atoms with Gasteiger partial charge in [-0.2, -0.15) is 0 Å². The Morgan fingerprint density at radius 3 is 2.40 bits per heavy atom.